The van der Waals surface area contributed by atoms with Crippen molar-refractivity contribution in [1.82, 2.24) is 9.88 Å². The third-order valence-electron chi connectivity index (χ3n) is 4.80. The molecule has 10 nitrogen and oxygen atoms in total. The van der Waals surface area contributed by atoms with Gasteiger partial charge in [-0.25, -0.2) is 27.4 Å². The van der Waals surface area contributed by atoms with Crippen LogP contribution in [0.2, 0.25) is 0 Å². The molecule has 0 saturated carbocycles. The standard InChI is InChI=1S/C20H25FN4O6S2/c1-12-7-16(14(21)8-15(12)23-13-5-6-24(9-13)18(26)27)33(29,30)25(17-10-32-11-22-17)19(28)31-20(2,3)4/h7-8,10-11,13,23H,5-6,9H2,1-4H3,(H,26,27)/t13-/m0/s1. The average Bonchev–Trinajstić information content (AvgIpc) is 3.35. The van der Waals surface area contributed by atoms with Crippen LogP contribution in [0, 0.1) is 12.7 Å². The Kier molecular flexibility index (Phi) is 6.84. The number of hydrogen-bond acceptors (Lipinski definition) is 8. The number of amides is 2. The Morgan fingerprint density at radius 3 is 2.61 bits per heavy atom. The fraction of sp³-hybridized carbons (Fsp3) is 0.450. The highest BCUT2D eigenvalue weighted by Crippen LogP contribution is 2.31. The number of aryl methyl sites for hydroxylation is 1. The first-order valence-electron chi connectivity index (χ1n) is 10.0. The molecule has 1 atom stereocenters. The maximum absolute atomic E-state index is 15.1. The van der Waals surface area contributed by atoms with E-state index >= 15 is 4.39 Å². The van der Waals surface area contributed by atoms with Crippen molar-refractivity contribution in [2.45, 2.75) is 50.7 Å². The molecule has 180 valence electrons. The number of carbonyl (C=O) groups excluding carboxylic acids is 1. The smallest absolute Gasteiger partial charge is 0.430 e. The van der Waals surface area contributed by atoms with Crippen LogP contribution in [-0.4, -0.2) is 60.3 Å². The maximum atomic E-state index is 15.1. The number of thiazole rings is 1. The lowest BCUT2D eigenvalue weighted by atomic mass is 10.1. The summed E-state index contributed by atoms with van der Waals surface area (Å²) in [6.45, 7) is 6.90. The van der Waals surface area contributed by atoms with Crippen molar-refractivity contribution >= 4 is 45.1 Å². The third-order valence-corrected chi connectivity index (χ3v) is 7.06. The molecular formula is C20H25FN4O6S2. The van der Waals surface area contributed by atoms with Gasteiger partial charge in [0.2, 0.25) is 0 Å². The lowest BCUT2D eigenvalue weighted by molar-refractivity contribution is 0.0608. The van der Waals surface area contributed by atoms with Crippen molar-refractivity contribution in [2.75, 3.05) is 22.7 Å². The van der Waals surface area contributed by atoms with Gasteiger partial charge in [0.15, 0.2) is 5.82 Å². The summed E-state index contributed by atoms with van der Waals surface area (Å²) in [4.78, 5) is 28.3. The summed E-state index contributed by atoms with van der Waals surface area (Å²) in [5, 5.41) is 13.5. The number of carbonyl (C=O) groups is 2. The molecule has 1 fully saturated rings. The number of benzene rings is 1. The lowest BCUT2D eigenvalue weighted by Crippen LogP contribution is -2.41. The van der Waals surface area contributed by atoms with E-state index in [2.05, 4.69) is 10.3 Å². The molecule has 0 radical (unpaired) electrons. The minimum absolute atomic E-state index is 0.201. The lowest BCUT2D eigenvalue weighted by Gasteiger charge is -2.26. The van der Waals surface area contributed by atoms with E-state index in [0.29, 0.717) is 28.5 Å². The van der Waals surface area contributed by atoms with Crippen LogP contribution in [0.3, 0.4) is 0 Å². The Balaban J connectivity index is 1.94. The number of anilines is 2. The normalized spacial score (nSPS) is 16.5. The molecule has 1 aliphatic heterocycles. The van der Waals surface area contributed by atoms with Gasteiger partial charge in [-0.3, -0.25) is 0 Å². The molecule has 0 unspecified atom stereocenters. The van der Waals surface area contributed by atoms with E-state index in [1.807, 2.05) is 0 Å². The van der Waals surface area contributed by atoms with Gasteiger partial charge in [0.05, 0.1) is 5.51 Å². The van der Waals surface area contributed by atoms with Gasteiger partial charge in [0.25, 0.3) is 10.0 Å². The van der Waals surface area contributed by atoms with Crippen molar-refractivity contribution in [3.63, 3.8) is 0 Å². The zero-order chi connectivity index (χ0) is 24.6. The number of hydrogen-bond donors (Lipinski definition) is 2. The number of nitrogens with zero attached hydrogens (tertiary/aromatic N) is 3. The third kappa shape index (κ3) is 5.53. The van der Waals surface area contributed by atoms with Crippen molar-refractivity contribution in [2.24, 2.45) is 0 Å². The van der Waals surface area contributed by atoms with Crippen LogP contribution >= 0.6 is 11.3 Å². The van der Waals surface area contributed by atoms with Gasteiger partial charge in [-0.05, 0) is 51.8 Å². The molecule has 1 aromatic carbocycles. The first kappa shape index (κ1) is 24.7. The van der Waals surface area contributed by atoms with Crippen LogP contribution < -0.4 is 9.62 Å². The van der Waals surface area contributed by atoms with E-state index in [0.717, 1.165) is 23.5 Å². The van der Waals surface area contributed by atoms with Crippen molar-refractivity contribution in [1.29, 1.82) is 0 Å². The maximum Gasteiger partial charge on any atom is 0.430 e. The van der Waals surface area contributed by atoms with Gasteiger partial charge in [0, 0.05) is 30.2 Å². The number of carboxylic acid groups (broad SMARTS) is 1. The Labute approximate surface area is 195 Å². The molecule has 1 aromatic heterocycles. The van der Waals surface area contributed by atoms with Gasteiger partial charge in [0.1, 0.15) is 16.3 Å². The Morgan fingerprint density at radius 2 is 2.06 bits per heavy atom. The molecule has 33 heavy (non-hydrogen) atoms. The fourth-order valence-corrected chi connectivity index (χ4v) is 5.29. The number of rotatable bonds is 5. The molecule has 2 aromatic rings. The predicted molar refractivity (Wildman–Crippen MR) is 121 cm³/mol. The molecule has 2 N–H and O–H groups in total. The SMILES string of the molecule is Cc1cc(S(=O)(=O)N(C(=O)OC(C)(C)C)c2cscn2)c(F)cc1N[C@H]1CCN(C(=O)O)C1. The van der Waals surface area contributed by atoms with Crippen molar-refractivity contribution in [3.05, 3.63) is 34.4 Å². The van der Waals surface area contributed by atoms with E-state index in [4.69, 9.17) is 9.84 Å². The van der Waals surface area contributed by atoms with E-state index in [1.165, 1.54) is 15.8 Å². The summed E-state index contributed by atoms with van der Waals surface area (Å²) in [7, 11) is -4.70. The van der Waals surface area contributed by atoms with Crippen LogP contribution in [0.4, 0.5) is 25.5 Å². The van der Waals surface area contributed by atoms with Crippen LogP contribution in [-0.2, 0) is 14.8 Å². The number of nitrogens with one attached hydrogen (secondary N) is 1. The number of halogens is 1. The van der Waals surface area contributed by atoms with Crippen LogP contribution in [0.5, 0.6) is 0 Å². The Hall–Kier alpha value is -2.93. The molecule has 1 aliphatic rings. The molecule has 0 spiro atoms. The minimum atomic E-state index is -4.70. The molecule has 2 amide bonds. The minimum Gasteiger partial charge on any atom is -0.465 e. The number of sulfonamides is 1. The summed E-state index contributed by atoms with van der Waals surface area (Å²) in [5.41, 5.74) is 1.10. The largest absolute Gasteiger partial charge is 0.465 e. The van der Waals surface area contributed by atoms with Crippen molar-refractivity contribution < 1.29 is 32.2 Å². The van der Waals surface area contributed by atoms with E-state index in [9.17, 15) is 18.0 Å². The monoisotopic (exact) mass is 500 g/mol. The molecule has 13 heteroatoms. The summed E-state index contributed by atoms with van der Waals surface area (Å²) < 4.78 is 47.4. The molecule has 1 saturated heterocycles. The highest BCUT2D eigenvalue weighted by Gasteiger charge is 2.38. The highest BCUT2D eigenvalue weighted by molar-refractivity contribution is 7.93. The van der Waals surface area contributed by atoms with E-state index < -0.39 is 38.5 Å². The molecule has 3 rings (SSSR count). The summed E-state index contributed by atoms with van der Waals surface area (Å²) in [5.74, 6) is -1.27. The van der Waals surface area contributed by atoms with Crippen molar-refractivity contribution in [3.8, 4) is 0 Å². The molecule has 0 bridgehead atoms. The average molecular weight is 501 g/mol. The number of ether oxygens (including phenoxy) is 1. The fourth-order valence-electron chi connectivity index (χ4n) is 3.30. The Morgan fingerprint density at radius 1 is 1.36 bits per heavy atom. The van der Waals surface area contributed by atoms with Gasteiger partial charge in [-0.15, -0.1) is 15.6 Å². The topological polar surface area (TPSA) is 129 Å². The Bertz CT molecular complexity index is 1150. The van der Waals surface area contributed by atoms with Gasteiger partial charge >= 0.3 is 12.2 Å². The predicted octanol–water partition coefficient (Wildman–Crippen LogP) is 3.89. The second kappa shape index (κ2) is 9.14. The van der Waals surface area contributed by atoms with Gasteiger partial charge in [-0.1, -0.05) is 0 Å². The summed E-state index contributed by atoms with van der Waals surface area (Å²) in [6.07, 6.45) is -1.70. The zero-order valence-electron chi connectivity index (χ0n) is 18.5. The van der Waals surface area contributed by atoms with Crippen LogP contribution in [0.15, 0.2) is 27.9 Å². The van der Waals surface area contributed by atoms with Gasteiger partial charge < -0.3 is 20.1 Å². The number of likely N-dealkylation sites (tertiary alicyclic amines) is 1. The summed E-state index contributed by atoms with van der Waals surface area (Å²) >= 11 is 1.07. The summed E-state index contributed by atoms with van der Waals surface area (Å²) in [6, 6.07) is 1.91. The second-order valence-corrected chi connectivity index (χ2v) is 11.0. The first-order valence-corrected chi connectivity index (χ1v) is 12.4. The number of aromatic nitrogens is 1. The van der Waals surface area contributed by atoms with Crippen LogP contribution in [0.1, 0.15) is 32.8 Å². The first-order chi connectivity index (χ1) is 15.3. The van der Waals surface area contributed by atoms with Crippen LogP contribution in [0.25, 0.3) is 0 Å². The zero-order valence-corrected chi connectivity index (χ0v) is 20.2. The quantitative estimate of drug-likeness (QED) is 0.633. The molecular weight excluding hydrogens is 475 g/mol. The molecule has 0 aliphatic carbocycles. The van der Waals surface area contributed by atoms with E-state index in [-0.39, 0.29) is 18.4 Å². The van der Waals surface area contributed by atoms with E-state index in [1.54, 1.807) is 27.7 Å². The highest BCUT2D eigenvalue weighted by atomic mass is 32.2. The second-order valence-electron chi connectivity index (χ2n) is 8.55. The molecule has 2 heterocycles. The van der Waals surface area contributed by atoms with Gasteiger partial charge in [-0.2, -0.15) is 0 Å².